The molecule has 8 heteroatoms. The quantitative estimate of drug-likeness (QED) is 0.263. The average Bonchev–Trinajstić information content (AvgIpc) is 3.35. The normalized spacial score (nSPS) is 11.1. The Morgan fingerprint density at radius 2 is 2.00 bits per heavy atom. The summed E-state index contributed by atoms with van der Waals surface area (Å²) >= 11 is 4.75. The number of Topliss-reactive ketones (excluding diaryl/α,β-unsaturated/α-hetero) is 1. The number of para-hydroxylation sites is 1. The standard InChI is InChI=1S/C21H18BrN3O3S/c1-3-25-20(18-11-14-5-4-6-17(27-2)19(14)28-18)23-24-21(25)29-12-16(26)13-7-9-15(22)10-8-13/h4-11H,3,12H2,1-2H3. The van der Waals surface area contributed by atoms with Crippen molar-refractivity contribution in [3.8, 4) is 17.3 Å². The van der Waals surface area contributed by atoms with Crippen molar-refractivity contribution in [2.24, 2.45) is 0 Å². The summed E-state index contributed by atoms with van der Waals surface area (Å²) in [7, 11) is 1.61. The highest BCUT2D eigenvalue weighted by atomic mass is 79.9. The second-order valence-electron chi connectivity index (χ2n) is 6.26. The van der Waals surface area contributed by atoms with E-state index in [-0.39, 0.29) is 11.5 Å². The van der Waals surface area contributed by atoms with E-state index in [0.29, 0.717) is 40.2 Å². The molecule has 0 spiro atoms. The van der Waals surface area contributed by atoms with Gasteiger partial charge in [0.25, 0.3) is 0 Å². The van der Waals surface area contributed by atoms with Crippen molar-refractivity contribution in [2.45, 2.75) is 18.6 Å². The summed E-state index contributed by atoms with van der Waals surface area (Å²) in [5, 5.41) is 10.2. The molecule has 4 rings (SSSR count). The lowest BCUT2D eigenvalue weighted by Gasteiger charge is -2.05. The van der Waals surface area contributed by atoms with Crippen molar-refractivity contribution < 1.29 is 13.9 Å². The molecule has 0 aliphatic heterocycles. The maximum Gasteiger partial charge on any atom is 0.200 e. The summed E-state index contributed by atoms with van der Waals surface area (Å²) in [6.07, 6.45) is 0. The number of benzene rings is 2. The summed E-state index contributed by atoms with van der Waals surface area (Å²) in [5.74, 6) is 2.25. The number of fused-ring (bicyclic) bond motifs is 1. The Morgan fingerprint density at radius 1 is 1.21 bits per heavy atom. The third kappa shape index (κ3) is 3.95. The van der Waals surface area contributed by atoms with Gasteiger partial charge in [-0.2, -0.15) is 0 Å². The number of furan rings is 1. The van der Waals surface area contributed by atoms with Crippen LogP contribution in [0.3, 0.4) is 0 Å². The number of hydrogen-bond acceptors (Lipinski definition) is 6. The van der Waals surface area contributed by atoms with Crippen LogP contribution in [0.2, 0.25) is 0 Å². The van der Waals surface area contributed by atoms with Gasteiger partial charge >= 0.3 is 0 Å². The lowest BCUT2D eigenvalue weighted by atomic mass is 10.2. The molecule has 0 saturated heterocycles. The number of nitrogens with zero attached hydrogens (tertiary/aromatic N) is 3. The van der Waals surface area contributed by atoms with Gasteiger partial charge in [0.05, 0.1) is 12.9 Å². The Balaban J connectivity index is 1.58. The molecular weight excluding hydrogens is 454 g/mol. The number of carbonyl (C=O) groups excluding carboxylic acids is 1. The van der Waals surface area contributed by atoms with E-state index >= 15 is 0 Å². The van der Waals surface area contributed by atoms with Crippen LogP contribution >= 0.6 is 27.7 Å². The first kappa shape index (κ1) is 19.7. The Labute approximate surface area is 180 Å². The molecule has 0 unspecified atom stereocenters. The number of ketones is 1. The van der Waals surface area contributed by atoms with Crippen LogP contribution in [0.25, 0.3) is 22.6 Å². The fourth-order valence-corrected chi connectivity index (χ4v) is 4.18. The molecule has 4 aromatic rings. The summed E-state index contributed by atoms with van der Waals surface area (Å²) in [4.78, 5) is 12.5. The fraction of sp³-hybridized carbons (Fsp3) is 0.190. The smallest absolute Gasteiger partial charge is 0.200 e. The monoisotopic (exact) mass is 471 g/mol. The number of halogens is 1. The first-order valence-electron chi connectivity index (χ1n) is 9.02. The van der Waals surface area contributed by atoms with E-state index in [1.165, 1.54) is 11.8 Å². The van der Waals surface area contributed by atoms with E-state index in [2.05, 4.69) is 26.1 Å². The Morgan fingerprint density at radius 3 is 2.72 bits per heavy atom. The van der Waals surface area contributed by atoms with Gasteiger partial charge in [0, 0.05) is 22.0 Å². The number of rotatable bonds is 7. The molecule has 148 valence electrons. The van der Waals surface area contributed by atoms with E-state index in [1.54, 1.807) is 7.11 Å². The van der Waals surface area contributed by atoms with E-state index in [0.717, 1.165) is 9.86 Å². The molecule has 0 aliphatic rings. The number of hydrogen-bond donors (Lipinski definition) is 0. The lowest BCUT2D eigenvalue weighted by molar-refractivity contribution is 0.102. The summed E-state index contributed by atoms with van der Waals surface area (Å²) in [5.41, 5.74) is 1.35. The molecule has 0 aliphatic carbocycles. The first-order chi connectivity index (χ1) is 14.1. The predicted octanol–water partition coefficient (Wildman–Crippen LogP) is 5.46. The van der Waals surface area contributed by atoms with Crippen LogP contribution in [0.5, 0.6) is 5.75 Å². The van der Waals surface area contributed by atoms with Gasteiger partial charge < -0.3 is 9.15 Å². The van der Waals surface area contributed by atoms with Gasteiger partial charge in [-0.25, -0.2) is 0 Å². The molecule has 2 aromatic carbocycles. The topological polar surface area (TPSA) is 70.2 Å². The number of thioether (sulfide) groups is 1. The van der Waals surface area contributed by atoms with Gasteiger partial charge in [0.15, 0.2) is 28.0 Å². The lowest BCUT2D eigenvalue weighted by Crippen LogP contribution is -2.05. The third-order valence-corrected chi connectivity index (χ3v) is 5.98. The van der Waals surface area contributed by atoms with Gasteiger partial charge in [-0.1, -0.05) is 52.0 Å². The second-order valence-corrected chi connectivity index (χ2v) is 8.12. The molecule has 0 amide bonds. The van der Waals surface area contributed by atoms with Gasteiger partial charge in [-0.05, 0) is 31.2 Å². The summed E-state index contributed by atoms with van der Waals surface area (Å²) in [6.45, 7) is 2.67. The van der Waals surface area contributed by atoms with Crippen LogP contribution in [-0.4, -0.2) is 33.4 Å². The number of ether oxygens (including phenoxy) is 1. The van der Waals surface area contributed by atoms with Crippen molar-refractivity contribution in [3.63, 3.8) is 0 Å². The van der Waals surface area contributed by atoms with Crippen LogP contribution in [0, 0.1) is 0 Å². The van der Waals surface area contributed by atoms with E-state index < -0.39 is 0 Å². The van der Waals surface area contributed by atoms with Gasteiger partial charge in [0.1, 0.15) is 0 Å². The molecule has 0 fully saturated rings. The highest BCUT2D eigenvalue weighted by molar-refractivity contribution is 9.10. The van der Waals surface area contributed by atoms with Gasteiger partial charge in [-0.15, -0.1) is 10.2 Å². The molecule has 2 aromatic heterocycles. The molecule has 0 radical (unpaired) electrons. The molecule has 0 atom stereocenters. The minimum atomic E-state index is 0.0446. The first-order valence-corrected chi connectivity index (χ1v) is 10.8. The van der Waals surface area contributed by atoms with Crippen molar-refractivity contribution >= 4 is 44.4 Å². The fourth-order valence-electron chi connectivity index (χ4n) is 3.02. The molecule has 2 heterocycles. The van der Waals surface area contributed by atoms with E-state index in [4.69, 9.17) is 9.15 Å². The molecule has 29 heavy (non-hydrogen) atoms. The zero-order valence-electron chi connectivity index (χ0n) is 15.9. The molecule has 6 nitrogen and oxygen atoms in total. The summed E-state index contributed by atoms with van der Waals surface area (Å²) < 4.78 is 14.3. The van der Waals surface area contributed by atoms with Crippen LogP contribution in [0.1, 0.15) is 17.3 Å². The Hall–Kier alpha value is -2.58. The highest BCUT2D eigenvalue weighted by Gasteiger charge is 2.19. The van der Waals surface area contributed by atoms with Crippen LogP contribution < -0.4 is 4.74 Å². The highest BCUT2D eigenvalue weighted by Crippen LogP contribution is 2.33. The van der Waals surface area contributed by atoms with Gasteiger partial charge in [-0.3, -0.25) is 9.36 Å². The molecule has 0 N–H and O–H groups in total. The molecular formula is C21H18BrN3O3S. The summed E-state index contributed by atoms with van der Waals surface area (Å²) in [6, 6.07) is 15.0. The molecule has 0 bridgehead atoms. The minimum absolute atomic E-state index is 0.0446. The second kappa shape index (κ2) is 8.42. The van der Waals surface area contributed by atoms with Crippen LogP contribution in [-0.2, 0) is 6.54 Å². The zero-order valence-corrected chi connectivity index (χ0v) is 18.3. The van der Waals surface area contributed by atoms with Crippen molar-refractivity contribution in [3.05, 3.63) is 58.6 Å². The van der Waals surface area contributed by atoms with E-state index in [9.17, 15) is 4.79 Å². The SMILES string of the molecule is CCn1c(SCC(=O)c2ccc(Br)cc2)nnc1-c1cc2cccc(OC)c2o1. The minimum Gasteiger partial charge on any atom is -0.493 e. The van der Waals surface area contributed by atoms with Crippen molar-refractivity contribution in [2.75, 3.05) is 12.9 Å². The third-order valence-electron chi connectivity index (χ3n) is 4.48. The van der Waals surface area contributed by atoms with Gasteiger partial charge in [0.2, 0.25) is 5.82 Å². The van der Waals surface area contributed by atoms with Crippen LogP contribution in [0.15, 0.2) is 62.6 Å². The largest absolute Gasteiger partial charge is 0.493 e. The van der Waals surface area contributed by atoms with E-state index in [1.807, 2.05) is 60.0 Å². The maximum absolute atomic E-state index is 12.5. The van der Waals surface area contributed by atoms with Crippen molar-refractivity contribution in [1.82, 2.24) is 14.8 Å². The average molecular weight is 472 g/mol. The van der Waals surface area contributed by atoms with Crippen LogP contribution in [0.4, 0.5) is 0 Å². The maximum atomic E-state index is 12.5. The Bertz CT molecular complexity index is 1170. The number of aromatic nitrogens is 3. The van der Waals surface area contributed by atoms with Crippen molar-refractivity contribution in [1.29, 1.82) is 0 Å². The predicted molar refractivity (Wildman–Crippen MR) is 117 cm³/mol. The Kier molecular flexibility index (Phi) is 5.73. The molecule has 0 saturated carbocycles. The number of carbonyl (C=O) groups is 1. The zero-order chi connectivity index (χ0) is 20.4. The number of methoxy groups -OCH3 is 1.